The molecule has 0 bridgehead atoms. The minimum Gasteiger partial charge on any atom is -0.462 e. The van der Waals surface area contributed by atoms with E-state index in [1.165, 1.54) is 30.3 Å². The molecule has 0 saturated heterocycles. The third-order valence-corrected chi connectivity index (χ3v) is 5.32. The number of nitrogens with one attached hydrogen (secondary N) is 1. The standard InChI is InChI=1S/C19H20ClNO4S/c1-2-6-19(22)25-14-13-18(15-7-4-3-5-8-15)21-26(23,24)17-11-9-16(20)10-12-17/h2-12,18,21H,13-14H2,1H3/b6-2+. The van der Waals surface area contributed by atoms with Gasteiger partial charge >= 0.3 is 5.97 Å². The first-order valence-corrected chi connectivity index (χ1v) is 9.91. The van der Waals surface area contributed by atoms with Crippen molar-refractivity contribution in [2.45, 2.75) is 24.3 Å². The quantitative estimate of drug-likeness (QED) is 0.545. The van der Waals surface area contributed by atoms with Gasteiger partial charge in [0.15, 0.2) is 0 Å². The van der Waals surface area contributed by atoms with Crippen molar-refractivity contribution < 1.29 is 17.9 Å². The third-order valence-electron chi connectivity index (χ3n) is 3.58. The van der Waals surface area contributed by atoms with E-state index in [1.807, 2.05) is 30.3 Å². The molecule has 1 unspecified atom stereocenters. The number of carbonyl (C=O) groups excluding carboxylic acids is 1. The highest BCUT2D eigenvalue weighted by Crippen LogP contribution is 2.21. The second-order valence-electron chi connectivity index (χ2n) is 5.49. The predicted octanol–water partition coefficient (Wildman–Crippen LogP) is 3.87. The molecule has 5 nitrogen and oxygen atoms in total. The maximum Gasteiger partial charge on any atom is 0.330 e. The highest BCUT2D eigenvalue weighted by Gasteiger charge is 2.21. The van der Waals surface area contributed by atoms with E-state index in [9.17, 15) is 13.2 Å². The molecule has 2 aromatic rings. The van der Waals surface area contributed by atoms with Crippen molar-refractivity contribution >= 4 is 27.6 Å². The summed E-state index contributed by atoms with van der Waals surface area (Å²) in [6, 6.07) is 14.5. The van der Waals surface area contributed by atoms with Crippen LogP contribution in [0.5, 0.6) is 0 Å². The van der Waals surface area contributed by atoms with Crippen LogP contribution in [0.25, 0.3) is 0 Å². The van der Waals surface area contributed by atoms with Gasteiger partial charge in [0.1, 0.15) is 0 Å². The Hall–Kier alpha value is -2.15. The minimum absolute atomic E-state index is 0.0892. The Morgan fingerprint density at radius 1 is 1.15 bits per heavy atom. The summed E-state index contributed by atoms with van der Waals surface area (Å²) in [6.45, 7) is 1.81. The van der Waals surface area contributed by atoms with E-state index in [0.29, 0.717) is 11.4 Å². The lowest BCUT2D eigenvalue weighted by Gasteiger charge is -2.19. The average Bonchev–Trinajstić information content (AvgIpc) is 2.62. The van der Waals surface area contributed by atoms with Crippen molar-refractivity contribution in [2.24, 2.45) is 0 Å². The van der Waals surface area contributed by atoms with Crippen molar-refractivity contribution in [3.8, 4) is 0 Å². The van der Waals surface area contributed by atoms with Gasteiger partial charge in [0.2, 0.25) is 10.0 Å². The summed E-state index contributed by atoms with van der Waals surface area (Å²) in [5.74, 6) is -0.458. The Kier molecular flexibility index (Phi) is 7.38. The molecular formula is C19H20ClNO4S. The van der Waals surface area contributed by atoms with Crippen LogP contribution in [0.1, 0.15) is 24.9 Å². The molecule has 138 valence electrons. The molecule has 0 aromatic heterocycles. The number of allylic oxidation sites excluding steroid dienone is 1. The van der Waals surface area contributed by atoms with Crippen LogP contribution in [-0.2, 0) is 19.6 Å². The van der Waals surface area contributed by atoms with E-state index < -0.39 is 22.0 Å². The van der Waals surface area contributed by atoms with Crippen molar-refractivity contribution in [1.29, 1.82) is 0 Å². The first-order valence-electron chi connectivity index (χ1n) is 8.04. The topological polar surface area (TPSA) is 72.5 Å². The number of rotatable bonds is 8. The Balaban J connectivity index is 2.15. The van der Waals surface area contributed by atoms with Gasteiger partial charge in [-0.15, -0.1) is 0 Å². The molecule has 0 radical (unpaired) electrons. The maximum atomic E-state index is 12.7. The van der Waals surface area contributed by atoms with Gasteiger partial charge in [-0.25, -0.2) is 17.9 Å². The summed E-state index contributed by atoms with van der Waals surface area (Å²) in [7, 11) is -3.75. The zero-order chi connectivity index (χ0) is 19.0. The highest BCUT2D eigenvalue weighted by atomic mass is 35.5. The molecule has 0 amide bonds. The fourth-order valence-electron chi connectivity index (χ4n) is 2.31. The average molecular weight is 394 g/mol. The Bertz CT molecular complexity index is 849. The summed E-state index contributed by atoms with van der Waals surface area (Å²) in [5.41, 5.74) is 0.784. The zero-order valence-corrected chi connectivity index (χ0v) is 15.8. The number of esters is 1. The van der Waals surface area contributed by atoms with Crippen LogP contribution in [0, 0.1) is 0 Å². The molecule has 0 fully saturated rings. The summed E-state index contributed by atoms with van der Waals surface area (Å²) in [6.07, 6.45) is 3.20. The molecular weight excluding hydrogens is 374 g/mol. The molecule has 0 aliphatic rings. The van der Waals surface area contributed by atoms with Crippen LogP contribution in [-0.4, -0.2) is 21.0 Å². The number of hydrogen-bond donors (Lipinski definition) is 1. The van der Waals surface area contributed by atoms with Crippen LogP contribution >= 0.6 is 11.6 Å². The molecule has 0 aliphatic heterocycles. The van der Waals surface area contributed by atoms with E-state index in [4.69, 9.17) is 16.3 Å². The number of sulfonamides is 1. The normalized spacial score (nSPS) is 12.8. The van der Waals surface area contributed by atoms with Gasteiger partial charge < -0.3 is 4.74 Å². The molecule has 1 atom stereocenters. The molecule has 0 aliphatic carbocycles. The Morgan fingerprint density at radius 3 is 2.42 bits per heavy atom. The predicted molar refractivity (Wildman–Crippen MR) is 101 cm³/mol. The van der Waals surface area contributed by atoms with Crippen molar-refractivity contribution in [3.05, 3.63) is 77.3 Å². The van der Waals surface area contributed by atoms with Crippen LogP contribution in [0.15, 0.2) is 71.6 Å². The largest absolute Gasteiger partial charge is 0.462 e. The van der Waals surface area contributed by atoms with E-state index in [0.717, 1.165) is 5.56 Å². The lowest BCUT2D eigenvalue weighted by molar-refractivity contribution is -0.137. The number of benzene rings is 2. The molecule has 2 rings (SSSR count). The van der Waals surface area contributed by atoms with E-state index in [1.54, 1.807) is 13.0 Å². The van der Waals surface area contributed by atoms with Gasteiger partial charge in [-0.05, 0) is 36.8 Å². The summed E-state index contributed by atoms with van der Waals surface area (Å²) >= 11 is 5.82. The summed E-state index contributed by atoms with van der Waals surface area (Å²) in [5, 5.41) is 0.458. The van der Waals surface area contributed by atoms with E-state index >= 15 is 0 Å². The first-order chi connectivity index (χ1) is 12.4. The fourth-order valence-corrected chi connectivity index (χ4v) is 3.69. The third kappa shape index (κ3) is 5.98. The second kappa shape index (κ2) is 9.52. The fraction of sp³-hybridized carbons (Fsp3) is 0.211. The molecule has 26 heavy (non-hydrogen) atoms. The van der Waals surface area contributed by atoms with E-state index in [2.05, 4.69) is 4.72 Å². The second-order valence-corrected chi connectivity index (χ2v) is 7.65. The molecule has 0 saturated carbocycles. The van der Waals surface area contributed by atoms with Crippen LogP contribution < -0.4 is 4.72 Å². The molecule has 0 spiro atoms. The first kappa shape index (κ1) is 20.2. The molecule has 2 aromatic carbocycles. The van der Waals surface area contributed by atoms with Gasteiger partial charge in [-0.2, -0.15) is 0 Å². The van der Waals surface area contributed by atoms with Gasteiger partial charge in [0.05, 0.1) is 17.5 Å². The smallest absolute Gasteiger partial charge is 0.330 e. The number of carbonyl (C=O) groups is 1. The Labute approximate surface area is 158 Å². The van der Waals surface area contributed by atoms with Gasteiger partial charge in [-0.3, -0.25) is 0 Å². The summed E-state index contributed by atoms with van der Waals surface area (Å²) < 4.78 is 33.1. The van der Waals surface area contributed by atoms with Gasteiger partial charge in [0, 0.05) is 17.5 Å². The van der Waals surface area contributed by atoms with Gasteiger partial charge in [0.25, 0.3) is 0 Å². The van der Waals surface area contributed by atoms with Crippen LogP contribution in [0.2, 0.25) is 5.02 Å². The summed E-state index contributed by atoms with van der Waals surface area (Å²) in [4.78, 5) is 11.6. The van der Waals surface area contributed by atoms with E-state index in [-0.39, 0.29) is 11.5 Å². The SMILES string of the molecule is C/C=C/C(=O)OCCC(NS(=O)(=O)c1ccc(Cl)cc1)c1ccccc1. The monoisotopic (exact) mass is 393 g/mol. The van der Waals surface area contributed by atoms with Crippen molar-refractivity contribution in [2.75, 3.05) is 6.61 Å². The van der Waals surface area contributed by atoms with Gasteiger partial charge in [-0.1, -0.05) is 48.0 Å². The molecule has 7 heteroatoms. The van der Waals surface area contributed by atoms with Crippen molar-refractivity contribution in [1.82, 2.24) is 4.72 Å². The Morgan fingerprint density at radius 2 is 1.81 bits per heavy atom. The lowest BCUT2D eigenvalue weighted by atomic mass is 10.1. The van der Waals surface area contributed by atoms with Crippen molar-refractivity contribution in [3.63, 3.8) is 0 Å². The van der Waals surface area contributed by atoms with Crippen LogP contribution in [0.3, 0.4) is 0 Å². The minimum atomic E-state index is -3.75. The number of halogens is 1. The zero-order valence-electron chi connectivity index (χ0n) is 14.3. The van der Waals surface area contributed by atoms with Crippen LogP contribution in [0.4, 0.5) is 0 Å². The highest BCUT2D eigenvalue weighted by molar-refractivity contribution is 7.89. The maximum absolute atomic E-state index is 12.7. The molecule has 1 N–H and O–H groups in total. The molecule has 0 heterocycles. The lowest BCUT2D eigenvalue weighted by Crippen LogP contribution is -2.29. The number of hydrogen-bond acceptors (Lipinski definition) is 4. The number of ether oxygens (including phenoxy) is 1.